The minimum Gasteiger partial charge on any atom is -0.363 e. The maximum Gasteiger partial charge on any atom is 0.222 e. The van der Waals surface area contributed by atoms with Crippen molar-refractivity contribution in [2.45, 2.75) is 49.9 Å². The van der Waals surface area contributed by atoms with Crippen LogP contribution in [0.1, 0.15) is 44.9 Å². The van der Waals surface area contributed by atoms with Gasteiger partial charge in [-0.3, -0.25) is 4.79 Å². The lowest BCUT2D eigenvalue weighted by molar-refractivity contribution is -0.135. The molecule has 3 nitrogen and oxygen atoms in total. The van der Waals surface area contributed by atoms with Gasteiger partial charge in [-0.05, 0) is 18.8 Å². The van der Waals surface area contributed by atoms with E-state index in [4.69, 9.17) is 4.74 Å². The van der Waals surface area contributed by atoms with Gasteiger partial charge in [-0.1, -0.05) is 12.8 Å². The summed E-state index contributed by atoms with van der Waals surface area (Å²) in [5, 5.41) is 0. The van der Waals surface area contributed by atoms with Crippen molar-refractivity contribution in [2.24, 2.45) is 5.92 Å². The molecular weight excluding hydrogens is 246 g/mol. The maximum atomic E-state index is 12.2. The van der Waals surface area contributed by atoms with Gasteiger partial charge < -0.3 is 9.64 Å². The number of thioether (sulfide) groups is 1. The van der Waals surface area contributed by atoms with Gasteiger partial charge in [-0.25, -0.2) is 0 Å². The number of piperidine rings is 1. The molecule has 1 saturated carbocycles. The van der Waals surface area contributed by atoms with Gasteiger partial charge in [0.2, 0.25) is 5.91 Å². The van der Waals surface area contributed by atoms with E-state index in [0.29, 0.717) is 11.8 Å². The highest BCUT2D eigenvalue weighted by Crippen LogP contribution is 2.41. The zero-order valence-electron chi connectivity index (χ0n) is 11.0. The molecular formula is C14H23NO2S. The Morgan fingerprint density at radius 2 is 2.00 bits per heavy atom. The second kappa shape index (κ2) is 5.41. The molecule has 18 heavy (non-hydrogen) atoms. The minimum atomic E-state index is 0.0597. The molecule has 4 heteroatoms. The van der Waals surface area contributed by atoms with Crippen LogP contribution in [0.5, 0.6) is 0 Å². The summed E-state index contributed by atoms with van der Waals surface area (Å²) >= 11 is 1.95. The SMILES string of the molecule is O=C(CC1CCCC1)N1CCC2(CC1)OCCS2. The number of carbonyl (C=O) groups excluding carboxylic acids is 1. The topological polar surface area (TPSA) is 29.5 Å². The van der Waals surface area contributed by atoms with Gasteiger partial charge in [0.15, 0.2) is 0 Å². The first kappa shape index (κ1) is 12.8. The highest BCUT2D eigenvalue weighted by Gasteiger charge is 2.40. The average Bonchev–Trinajstić information content (AvgIpc) is 3.03. The molecule has 1 amide bonds. The van der Waals surface area contributed by atoms with Gasteiger partial charge in [-0.15, -0.1) is 11.8 Å². The molecule has 0 N–H and O–H groups in total. The molecule has 1 aliphatic carbocycles. The summed E-state index contributed by atoms with van der Waals surface area (Å²) in [5.74, 6) is 2.18. The first-order valence-electron chi connectivity index (χ1n) is 7.33. The quantitative estimate of drug-likeness (QED) is 0.772. The Labute approximate surface area is 114 Å². The third-order valence-corrected chi connectivity index (χ3v) is 6.05. The van der Waals surface area contributed by atoms with Gasteiger partial charge in [-0.2, -0.15) is 0 Å². The molecule has 0 radical (unpaired) electrons. The number of amides is 1. The fraction of sp³-hybridized carbons (Fsp3) is 0.929. The van der Waals surface area contributed by atoms with E-state index in [1.54, 1.807) is 0 Å². The van der Waals surface area contributed by atoms with Gasteiger partial charge in [0, 0.05) is 38.1 Å². The van der Waals surface area contributed by atoms with Crippen molar-refractivity contribution in [1.29, 1.82) is 0 Å². The molecule has 0 atom stereocenters. The van der Waals surface area contributed by atoms with Crippen LogP contribution < -0.4 is 0 Å². The van der Waals surface area contributed by atoms with Gasteiger partial charge in [0.25, 0.3) is 0 Å². The van der Waals surface area contributed by atoms with E-state index in [0.717, 1.165) is 44.7 Å². The van der Waals surface area contributed by atoms with Crippen molar-refractivity contribution in [1.82, 2.24) is 4.90 Å². The fourth-order valence-corrected chi connectivity index (χ4v) is 4.65. The lowest BCUT2D eigenvalue weighted by Crippen LogP contribution is -2.45. The summed E-state index contributed by atoms with van der Waals surface area (Å²) in [4.78, 5) is 14.4. The minimum absolute atomic E-state index is 0.0597. The molecule has 2 saturated heterocycles. The molecule has 0 aromatic rings. The molecule has 2 aliphatic heterocycles. The smallest absolute Gasteiger partial charge is 0.222 e. The normalized spacial score (nSPS) is 28.1. The van der Waals surface area contributed by atoms with Crippen LogP contribution in [-0.2, 0) is 9.53 Å². The molecule has 3 aliphatic rings. The first-order valence-corrected chi connectivity index (χ1v) is 8.32. The maximum absolute atomic E-state index is 12.2. The zero-order valence-corrected chi connectivity index (χ0v) is 11.8. The van der Waals surface area contributed by atoms with Crippen LogP contribution in [0, 0.1) is 5.92 Å². The van der Waals surface area contributed by atoms with Crippen LogP contribution in [0.3, 0.4) is 0 Å². The van der Waals surface area contributed by atoms with Crippen molar-refractivity contribution in [3.8, 4) is 0 Å². The summed E-state index contributed by atoms with van der Waals surface area (Å²) < 4.78 is 5.87. The van der Waals surface area contributed by atoms with E-state index in [2.05, 4.69) is 4.90 Å². The summed E-state index contributed by atoms with van der Waals surface area (Å²) in [6.45, 7) is 2.69. The van der Waals surface area contributed by atoms with Gasteiger partial charge in [0.1, 0.15) is 4.93 Å². The Balaban J connectivity index is 1.48. The van der Waals surface area contributed by atoms with E-state index in [9.17, 15) is 4.79 Å². The number of likely N-dealkylation sites (tertiary alicyclic amines) is 1. The van der Waals surface area contributed by atoms with Crippen LogP contribution >= 0.6 is 11.8 Å². The van der Waals surface area contributed by atoms with E-state index >= 15 is 0 Å². The van der Waals surface area contributed by atoms with Crippen LogP contribution in [0.25, 0.3) is 0 Å². The molecule has 0 bridgehead atoms. The first-order chi connectivity index (χ1) is 8.77. The van der Waals surface area contributed by atoms with Crippen molar-refractivity contribution in [3.63, 3.8) is 0 Å². The lowest BCUT2D eigenvalue weighted by Gasteiger charge is -2.38. The largest absolute Gasteiger partial charge is 0.363 e. The predicted octanol–water partition coefficient (Wildman–Crippen LogP) is 2.65. The third-order valence-electron chi connectivity index (χ3n) is 4.63. The molecule has 0 unspecified atom stereocenters. The van der Waals surface area contributed by atoms with E-state index in [1.807, 2.05) is 11.8 Å². The summed E-state index contributed by atoms with van der Waals surface area (Å²) in [6, 6.07) is 0. The Bertz CT molecular complexity index is 299. The van der Waals surface area contributed by atoms with E-state index < -0.39 is 0 Å². The van der Waals surface area contributed by atoms with Gasteiger partial charge >= 0.3 is 0 Å². The molecule has 0 aromatic carbocycles. The van der Waals surface area contributed by atoms with Crippen LogP contribution in [0.2, 0.25) is 0 Å². The highest BCUT2D eigenvalue weighted by molar-refractivity contribution is 8.00. The standard InChI is InChI=1S/C14H23NO2S/c16-13(11-12-3-1-2-4-12)15-7-5-14(6-8-15)17-9-10-18-14/h12H,1-11H2. The van der Waals surface area contributed by atoms with E-state index in [1.165, 1.54) is 25.7 Å². The predicted molar refractivity (Wildman–Crippen MR) is 73.5 cm³/mol. The molecule has 0 aromatic heterocycles. The lowest BCUT2D eigenvalue weighted by atomic mass is 10.0. The second-order valence-corrected chi connectivity index (χ2v) is 7.28. The second-order valence-electron chi connectivity index (χ2n) is 5.84. The fourth-order valence-electron chi connectivity index (χ4n) is 3.47. The number of hydrogen-bond donors (Lipinski definition) is 0. The number of rotatable bonds is 2. The molecule has 3 fully saturated rings. The molecule has 102 valence electrons. The van der Waals surface area contributed by atoms with Crippen molar-refractivity contribution in [3.05, 3.63) is 0 Å². The monoisotopic (exact) mass is 269 g/mol. The number of carbonyl (C=O) groups is 1. The Kier molecular flexibility index (Phi) is 3.85. The molecule has 2 heterocycles. The summed E-state index contributed by atoms with van der Waals surface area (Å²) in [7, 11) is 0. The Hall–Kier alpha value is -0.220. The van der Waals surface area contributed by atoms with Crippen molar-refractivity contribution < 1.29 is 9.53 Å². The zero-order chi connectivity index (χ0) is 12.4. The highest BCUT2D eigenvalue weighted by atomic mass is 32.2. The molecule has 3 rings (SSSR count). The number of ether oxygens (including phenoxy) is 1. The summed E-state index contributed by atoms with van der Waals surface area (Å²) in [6.07, 6.45) is 8.02. The average molecular weight is 269 g/mol. The number of nitrogens with zero attached hydrogens (tertiary/aromatic N) is 1. The molecule has 1 spiro atoms. The number of hydrogen-bond acceptors (Lipinski definition) is 3. The summed E-state index contributed by atoms with van der Waals surface area (Å²) in [5.41, 5.74) is 0. The van der Waals surface area contributed by atoms with Crippen LogP contribution in [0.15, 0.2) is 0 Å². The van der Waals surface area contributed by atoms with E-state index in [-0.39, 0.29) is 4.93 Å². The van der Waals surface area contributed by atoms with Gasteiger partial charge in [0.05, 0.1) is 6.61 Å². The van der Waals surface area contributed by atoms with Crippen LogP contribution in [-0.4, -0.2) is 41.2 Å². The Morgan fingerprint density at radius 3 is 2.61 bits per heavy atom. The van der Waals surface area contributed by atoms with Crippen molar-refractivity contribution in [2.75, 3.05) is 25.4 Å². The third kappa shape index (κ3) is 2.69. The van der Waals surface area contributed by atoms with Crippen LogP contribution in [0.4, 0.5) is 0 Å². The Morgan fingerprint density at radius 1 is 1.28 bits per heavy atom. The van der Waals surface area contributed by atoms with Crippen molar-refractivity contribution >= 4 is 17.7 Å².